The van der Waals surface area contributed by atoms with E-state index in [-0.39, 0.29) is 12.5 Å². The molecule has 0 bridgehead atoms. The number of carbonyl (C=O) groups excluding carboxylic acids is 1. The van der Waals surface area contributed by atoms with Gasteiger partial charge in [-0.25, -0.2) is 14.6 Å². The fraction of sp³-hybridized carbons (Fsp3) is 0.375. The van der Waals surface area contributed by atoms with Crippen molar-refractivity contribution in [3.8, 4) is 0 Å². The van der Waals surface area contributed by atoms with Gasteiger partial charge in [0.1, 0.15) is 6.04 Å². The largest absolute Gasteiger partial charge is 0.480 e. The van der Waals surface area contributed by atoms with Crippen LogP contribution in [-0.2, 0) is 11.3 Å². The first-order valence-corrected chi connectivity index (χ1v) is 7.33. The van der Waals surface area contributed by atoms with Crippen molar-refractivity contribution in [1.82, 2.24) is 20.2 Å². The monoisotopic (exact) mass is 316 g/mol. The van der Waals surface area contributed by atoms with E-state index in [2.05, 4.69) is 15.3 Å². The van der Waals surface area contributed by atoms with Gasteiger partial charge < -0.3 is 15.3 Å². The first-order chi connectivity index (χ1) is 10.9. The summed E-state index contributed by atoms with van der Waals surface area (Å²) in [6, 6.07) is 6.09. The van der Waals surface area contributed by atoms with Gasteiger partial charge in [-0.3, -0.25) is 4.98 Å². The number of fused-ring (bicyclic) bond motifs is 1. The third kappa shape index (κ3) is 4.15. The molecule has 0 aliphatic heterocycles. The van der Waals surface area contributed by atoms with Crippen molar-refractivity contribution in [2.45, 2.75) is 26.4 Å². The van der Waals surface area contributed by atoms with E-state index >= 15 is 0 Å². The molecule has 2 N–H and O–H groups in total. The Morgan fingerprint density at radius 3 is 2.52 bits per heavy atom. The van der Waals surface area contributed by atoms with Crippen LogP contribution in [0.4, 0.5) is 4.79 Å². The van der Waals surface area contributed by atoms with Crippen molar-refractivity contribution in [3.05, 3.63) is 36.2 Å². The van der Waals surface area contributed by atoms with E-state index in [9.17, 15) is 9.59 Å². The molecule has 2 amide bonds. The third-order valence-corrected chi connectivity index (χ3v) is 3.46. The second-order valence-corrected chi connectivity index (χ2v) is 5.72. The lowest BCUT2D eigenvalue weighted by Gasteiger charge is -2.23. The summed E-state index contributed by atoms with van der Waals surface area (Å²) in [5.74, 6) is -1.25. The van der Waals surface area contributed by atoms with E-state index in [0.717, 1.165) is 11.0 Å². The Bertz CT molecular complexity index is 717. The zero-order chi connectivity index (χ0) is 17.0. The predicted molar refractivity (Wildman–Crippen MR) is 85.8 cm³/mol. The molecule has 0 aliphatic rings. The van der Waals surface area contributed by atoms with Crippen LogP contribution in [0.3, 0.4) is 0 Å². The van der Waals surface area contributed by atoms with Crippen molar-refractivity contribution < 1.29 is 14.7 Å². The van der Waals surface area contributed by atoms with E-state index in [1.807, 2.05) is 24.3 Å². The molecule has 1 heterocycles. The molecule has 1 atom stereocenters. The number of benzene rings is 1. The first-order valence-electron chi connectivity index (χ1n) is 7.33. The van der Waals surface area contributed by atoms with Gasteiger partial charge in [-0.1, -0.05) is 26.0 Å². The molecule has 0 aliphatic carbocycles. The molecule has 2 rings (SSSR count). The highest BCUT2D eigenvalue weighted by molar-refractivity contribution is 5.82. The van der Waals surface area contributed by atoms with Gasteiger partial charge in [0.15, 0.2) is 0 Å². The second kappa shape index (κ2) is 7.04. The van der Waals surface area contributed by atoms with Crippen LogP contribution in [0.2, 0.25) is 0 Å². The van der Waals surface area contributed by atoms with E-state index in [1.54, 1.807) is 27.1 Å². The molecule has 7 nitrogen and oxygen atoms in total. The summed E-state index contributed by atoms with van der Waals surface area (Å²) >= 11 is 0. The topological polar surface area (TPSA) is 95.4 Å². The number of para-hydroxylation sites is 2. The lowest BCUT2D eigenvalue weighted by molar-refractivity contribution is -0.140. The third-order valence-electron chi connectivity index (χ3n) is 3.46. The Hall–Kier alpha value is -2.70. The number of nitrogens with zero attached hydrogens (tertiary/aromatic N) is 3. The predicted octanol–water partition coefficient (Wildman–Crippen LogP) is 1.88. The number of hydrogen-bond donors (Lipinski definition) is 2. The summed E-state index contributed by atoms with van der Waals surface area (Å²) in [4.78, 5) is 33.4. The standard InChI is InChI=1S/C16H20N4O3/c1-10(2)14(15(21)22)19-16(23)20(3)9-11-8-17-12-6-4-5-7-13(12)18-11/h4-8,10,14H,9H2,1-3H3,(H,19,23)(H,21,22)/t14-/m0/s1. The molecule has 23 heavy (non-hydrogen) atoms. The Morgan fingerprint density at radius 2 is 1.91 bits per heavy atom. The van der Waals surface area contributed by atoms with E-state index in [4.69, 9.17) is 5.11 Å². The molecule has 2 aromatic rings. The lowest BCUT2D eigenvalue weighted by atomic mass is 10.1. The molecule has 122 valence electrons. The normalized spacial score (nSPS) is 12.2. The number of hydrogen-bond acceptors (Lipinski definition) is 4. The van der Waals surface area contributed by atoms with E-state index < -0.39 is 18.0 Å². The van der Waals surface area contributed by atoms with Gasteiger partial charge >= 0.3 is 12.0 Å². The smallest absolute Gasteiger partial charge is 0.326 e. The number of nitrogens with one attached hydrogen (secondary N) is 1. The van der Waals surface area contributed by atoms with Crippen LogP contribution >= 0.6 is 0 Å². The van der Waals surface area contributed by atoms with Crippen LogP contribution in [0, 0.1) is 5.92 Å². The van der Waals surface area contributed by atoms with Crippen LogP contribution in [0.25, 0.3) is 11.0 Å². The van der Waals surface area contributed by atoms with Gasteiger partial charge in [0.2, 0.25) is 0 Å². The summed E-state index contributed by atoms with van der Waals surface area (Å²) in [6.45, 7) is 3.73. The number of carbonyl (C=O) groups is 2. The number of carboxylic acid groups (broad SMARTS) is 1. The van der Waals surface area contributed by atoms with Gasteiger partial charge in [-0.15, -0.1) is 0 Å². The molecule has 1 aromatic carbocycles. The SMILES string of the molecule is CC(C)[C@H](NC(=O)N(C)Cc1cnc2ccccc2n1)C(=O)O. The first kappa shape index (κ1) is 16.7. The second-order valence-electron chi connectivity index (χ2n) is 5.72. The van der Waals surface area contributed by atoms with Gasteiger partial charge in [-0.05, 0) is 18.1 Å². The zero-order valence-electron chi connectivity index (χ0n) is 13.4. The average Bonchev–Trinajstić information content (AvgIpc) is 2.51. The summed E-state index contributed by atoms with van der Waals surface area (Å²) < 4.78 is 0. The maximum atomic E-state index is 12.1. The number of carboxylic acids is 1. The summed E-state index contributed by atoms with van der Waals surface area (Å²) in [6.07, 6.45) is 1.61. The number of aromatic nitrogens is 2. The average molecular weight is 316 g/mol. The fourth-order valence-electron chi connectivity index (χ4n) is 2.14. The Labute approximate surface area is 134 Å². The lowest BCUT2D eigenvalue weighted by Crippen LogP contribution is -2.48. The molecular weight excluding hydrogens is 296 g/mol. The molecule has 0 unspecified atom stereocenters. The molecular formula is C16H20N4O3. The van der Waals surface area contributed by atoms with Gasteiger partial charge in [0.25, 0.3) is 0 Å². The molecule has 0 spiro atoms. The summed E-state index contributed by atoms with van der Waals surface area (Å²) in [5.41, 5.74) is 2.18. The molecule has 0 radical (unpaired) electrons. The fourth-order valence-corrected chi connectivity index (χ4v) is 2.14. The summed E-state index contributed by atoms with van der Waals surface area (Å²) in [5, 5.41) is 11.6. The molecule has 1 aromatic heterocycles. The van der Waals surface area contributed by atoms with Gasteiger partial charge in [0, 0.05) is 7.05 Å². The van der Waals surface area contributed by atoms with Crippen LogP contribution in [0.15, 0.2) is 30.5 Å². The molecule has 0 fully saturated rings. The number of aliphatic carboxylic acids is 1. The Morgan fingerprint density at radius 1 is 1.26 bits per heavy atom. The Balaban J connectivity index is 2.06. The minimum absolute atomic E-state index is 0.203. The number of amides is 2. The minimum Gasteiger partial charge on any atom is -0.480 e. The van der Waals surface area contributed by atoms with E-state index in [0.29, 0.717) is 5.69 Å². The minimum atomic E-state index is -1.05. The quantitative estimate of drug-likeness (QED) is 0.878. The Kier molecular flexibility index (Phi) is 5.10. The van der Waals surface area contributed by atoms with Crippen molar-refractivity contribution >= 4 is 23.0 Å². The maximum absolute atomic E-state index is 12.1. The van der Waals surface area contributed by atoms with E-state index in [1.165, 1.54) is 4.90 Å². The number of urea groups is 1. The van der Waals surface area contributed by atoms with Crippen molar-refractivity contribution in [1.29, 1.82) is 0 Å². The summed E-state index contributed by atoms with van der Waals surface area (Å²) in [7, 11) is 1.59. The van der Waals surface area contributed by atoms with Crippen LogP contribution in [-0.4, -0.2) is 45.1 Å². The highest BCUT2D eigenvalue weighted by atomic mass is 16.4. The maximum Gasteiger partial charge on any atom is 0.326 e. The molecule has 0 saturated carbocycles. The number of rotatable bonds is 5. The van der Waals surface area contributed by atoms with Crippen LogP contribution in [0.1, 0.15) is 19.5 Å². The van der Waals surface area contributed by atoms with Gasteiger partial charge in [-0.2, -0.15) is 0 Å². The zero-order valence-corrected chi connectivity index (χ0v) is 13.4. The van der Waals surface area contributed by atoms with Crippen molar-refractivity contribution in [2.24, 2.45) is 5.92 Å². The van der Waals surface area contributed by atoms with Crippen LogP contribution in [0.5, 0.6) is 0 Å². The van der Waals surface area contributed by atoms with Crippen molar-refractivity contribution in [3.63, 3.8) is 0 Å². The highest BCUT2D eigenvalue weighted by Crippen LogP contribution is 2.10. The van der Waals surface area contributed by atoms with Crippen LogP contribution < -0.4 is 5.32 Å². The molecule has 7 heteroatoms. The van der Waals surface area contributed by atoms with Gasteiger partial charge in [0.05, 0.1) is 29.5 Å². The van der Waals surface area contributed by atoms with Crippen molar-refractivity contribution in [2.75, 3.05) is 7.05 Å². The molecule has 0 saturated heterocycles. The highest BCUT2D eigenvalue weighted by Gasteiger charge is 2.24.